The number of hydrogen-bond acceptors (Lipinski definition) is 5. The zero-order chi connectivity index (χ0) is 16.9. The van der Waals surface area contributed by atoms with E-state index in [2.05, 4.69) is 13.1 Å². The van der Waals surface area contributed by atoms with E-state index in [0.717, 1.165) is 6.42 Å². The maximum absolute atomic E-state index is 12.1. The summed E-state index contributed by atoms with van der Waals surface area (Å²) in [7, 11) is -0.938. The molecule has 1 aliphatic rings. The first-order valence-corrected chi connectivity index (χ1v) is 11.1. The number of rotatable bonds is 7. The molecule has 1 fully saturated rings. The molecule has 0 aromatic rings. The zero-order valence-electron chi connectivity index (χ0n) is 14.5. The van der Waals surface area contributed by atoms with Crippen molar-refractivity contribution in [3.05, 3.63) is 0 Å². The van der Waals surface area contributed by atoms with Gasteiger partial charge in [-0.15, -0.1) is 0 Å². The van der Waals surface area contributed by atoms with Crippen molar-refractivity contribution in [1.82, 2.24) is 4.90 Å². The van der Waals surface area contributed by atoms with E-state index in [1.54, 1.807) is 6.92 Å². The minimum Gasteiger partial charge on any atom is -0.391 e. The molecule has 5 nitrogen and oxygen atoms in total. The molecule has 1 heterocycles. The van der Waals surface area contributed by atoms with Crippen LogP contribution in [0.3, 0.4) is 0 Å². The van der Waals surface area contributed by atoms with Crippen molar-refractivity contribution >= 4 is 31.8 Å². The second-order valence-corrected chi connectivity index (χ2v) is 9.98. The van der Waals surface area contributed by atoms with E-state index in [-0.39, 0.29) is 22.7 Å². The molecule has 7 heteroatoms. The lowest BCUT2D eigenvalue weighted by Crippen LogP contribution is -2.48. The van der Waals surface area contributed by atoms with Crippen molar-refractivity contribution in [2.24, 2.45) is 0 Å². The average molecular weight is 347 g/mol. The number of hydrogen-bond donors (Lipinski definition) is 0. The Morgan fingerprint density at radius 2 is 2.09 bits per heavy atom. The summed E-state index contributed by atoms with van der Waals surface area (Å²) in [6.07, 6.45) is 0.884. The number of thioether (sulfide) groups is 1. The van der Waals surface area contributed by atoms with Gasteiger partial charge in [0, 0.05) is 25.6 Å². The lowest BCUT2D eigenvalue weighted by atomic mass is 10.1. The Morgan fingerprint density at radius 1 is 1.45 bits per heavy atom. The summed E-state index contributed by atoms with van der Waals surface area (Å²) in [4.78, 5) is 25.0. The smallest absolute Gasteiger partial charge is 0.223 e. The fraction of sp³-hybridized carbons (Fsp3) is 0.867. The van der Waals surface area contributed by atoms with Crippen molar-refractivity contribution in [3.8, 4) is 0 Å². The predicted octanol–water partition coefficient (Wildman–Crippen LogP) is 2.67. The van der Waals surface area contributed by atoms with Crippen LogP contribution < -0.4 is 0 Å². The van der Waals surface area contributed by atoms with Gasteiger partial charge in [0.05, 0.1) is 11.6 Å². The Labute approximate surface area is 139 Å². The molecule has 0 aromatic heterocycles. The van der Waals surface area contributed by atoms with Gasteiger partial charge in [-0.2, -0.15) is 0 Å². The molecule has 1 amide bonds. The minimum absolute atomic E-state index is 0.0563. The molecule has 0 aliphatic carbocycles. The highest BCUT2D eigenvalue weighted by atomic mass is 32.2. The molecule has 1 radical (unpaired) electrons. The zero-order valence-corrected chi connectivity index (χ0v) is 16.3. The van der Waals surface area contributed by atoms with Crippen molar-refractivity contribution in [3.63, 3.8) is 0 Å². The molecular formula is C15H28NO4SSi. The number of nitrogens with zero attached hydrogens (tertiary/aromatic N) is 1. The highest BCUT2D eigenvalue weighted by molar-refractivity contribution is 8.13. The van der Waals surface area contributed by atoms with E-state index in [0.29, 0.717) is 18.7 Å². The third-order valence-corrected chi connectivity index (χ3v) is 4.64. The second kappa shape index (κ2) is 8.47. The molecule has 1 rings (SSSR count). The van der Waals surface area contributed by atoms with Gasteiger partial charge in [-0.1, -0.05) is 11.8 Å². The minimum atomic E-state index is -0.938. The first-order chi connectivity index (χ1) is 10.1. The Hall–Kier alpha value is -0.373. The van der Waals surface area contributed by atoms with Gasteiger partial charge in [-0.25, -0.2) is 0 Å². The van der Waals surface area contributed by atoms with Crippen molar-refractivity contribution < 1.29 is 18.8 Å². The van der Waals surface area contributed by atoms with Crippen LogP contribution in [-0.4, -0.2) is 55.2 Å². The molecule has 127 valence electrons. The van der Waals surface area contributed by atoms with Gasteiger partial charge in [0.2, 0.25) is 14.9 Å². The first-order valence-electron chi connectivity index (χ1n) is 7.67. The fourth-order valence-electron chi connectivity index (χ4n) is 2.38. The number of likely N-dealkylation sites (tertiary alicyclic amines) is 1. The van der Waals surface area contributed by atoms with Crippen LogP contribution in [0.15, 0.2) is 0 Å². The van der Waals surface area contributed by atoms with Gasteiger partial charge >= 0.3 is 0 Å². The average Bonchev–Trinajstić information content (AvgIpc) is 2.67. The highest BCUT2D eigenvalue weighted by Crippen LogP contribution is 2.27. The van der Waals surface area contributed by atoms with Crippen LogP contribution in [-0.2, 0) is 18.8 Å². The molecular weight excluding hydrogens is 318 g/mol. The SMILES string of the molecule is CC(=O)SCCN1C(=O)CC[C@@H]1C(O[Si](C)C)OC(C)(C)C. The van der Waals surface area contributed by atoms with Crippen molar-refractivity contribution in [2.45, 2.75) is 71.6 Å². The normalized spacial score (nSPS) is 20.8. The van der Waals surface area contributed by atoms with E-state index in [1.807, 2.05) is 25.7 Å². The van der Waals surface area contributed by atoms with Crippen LogP contribution in [0.5, 0.6) is 0 Å². The summed E-state index contributed by atoms with van der Waals surface area (Å²) in [6, 6.07) is -0.0563. The largest absolute Gasteiger partial charge is 0.391 e. The van der Waals surface area contributed by atoms with Crippen molar-refractivity contribution in [2.75, 3.05) is 12.3 Å². The summed E-state index contributed by atoms with van der Waals surface area (Å²) in [5, 5.41) is 0.0783. The van der Waals surface area contributed by atoms with Crippen LogP contribution in [0.2, 0.25) is 13.1 Å². The van der Waals surface area contributed by atoms with E-state index < -0.39 is 15.3 Å². The molecule has 22 heavy (non-hydrogen) atoms. The summed E-state index contributed by atoms with van der Waals surface area (Å²) in [5.41, 5.74) is -0.326. The topological polar surface area (TPSA) is 55.8 Å². The second-order valence-electron chi connectivity index (χ2n) is 6.66. The fourth-order valence-corrected chi connectivity index (χ4v) is 3.62. The highest BCUT2D eigenvalue weighted by Gasteiger charge is 2.39. The van der Waals surface area contributed by atoms with Gasteiger partial charge in [0.1, 0.15) is 0 Å². The Kier molecular flexibility index (Phi) is 7.57. The Balaban J connectivity index is 2.76. The molecule has 0 bridgehead atoms. The van der Waals surface area contributed by atoms with Crippen LogP contribution >= 0.6 is 11.8 Å². The number of amides is 1. The Bertz CT molecular complexity index is 397. The monoisotopic (exact) mass is 346 g/mol. The molecule has 0 N–H and O–H groups in total. The molecule has 1 saturated heterocycles. The van der Waals surface area contributed by atoms with E-state index in [4.69, 9.17) is 9.16 Å². The number of carbonyl (C=O) groups excluding carboxylic acids is 2. The molecule has 0 spiro atoms. The summed E-state index contributed by atoms with van der Waals surface area (Å²) < 4.78 is 12.1. The molecule has 2 atom stereocenters. The third kappa shape index (κ3) is 6.81. The van der Waals surface area contributed by atoms with Crippen molar-refractivity contribution in [1.29, 1.82) is 0 Å². The molecule has 1 aliphatic heterocycles. The maximum atomic E-state index is 12.1. The van der Waals surface area contributed by atoms with E-state index in [9.17, 15) is 9.59 Å². The summed E-state index contributed by atoms with van der Waals surface area (Å²) in [6.45, 7) is 12.2. The van der Waals surface area contributed by atoms with Gasteiger partial charge in [-0.05, 0) is 40.3 Å². The van der Waals surface area contributed by atoms with E-state index >= 15 is 0 Å². The molecule has 1 unspecified atom stereocenters. The van der Waals surface area contributed by atoms with Crippen LogP contribution in [0.1, 0.15) is 40.5 Å². The van der Waals surface area contributed by atoms with Crippen LogP contribution in [0.4, 0.5) is 0 Å². The Morgan fingerprint density at radius 3 is 2.59 bits per heavy atom. The number of ether oxygens (including phenoxy) is 1. The first kappa shape index (κ1) is 19.7. The standard InChI is InChI=1S/C15H28NO4SSi/c1-11(17)21-10-9-16-12(7-8-13(16)18)14(20-22(5)6)19-15(2,3)4/h12,14H,7-10H2,1-6H3/t12-,14?/m1/s1. The maximum Gasteiger partial charge on any atom is 0.223 e. The van der Waals surface area contributed by atoms with E-state index in [1.165, 1.54) is 11.8 Å². The molecule has 0 saturated carbocycles. The van der Waals surface area contributed by atoms with Crippen LogP contribution in [0, 0.1) is 0 Å². The van der Waals surface area contributed by atoms with Gasteiger partial charge in [0.25, 0.3) is 0 Å². The summed E-state index contributed by atoms with van der Waals surface area (Å²) in [5.74, 6) is 0.747. The van der Waals surface area contributed by atoms with Gasteiger partial charge < -0.3 is 14.1 Å². The number of carbonyl (C=O) groups is 2. The van der Waals surface area contributed by atoms with Gasteiger partial charge in [-0.3, -0.25) is 9.59 Å². The lowest BCUT2D eigenvalue weighted by Gasteiger charge is -2.36. The summed E-state index contributed by atoms with van der Waals surface area (Å²) >= 11 is 1.25. The van der Waals surface area contributed by atoms with Crippen LogP contribution in [0.25, 0.3) is 0 Å². The third-order valence-electron chi connectivity index (χ3n) is 3.15. The molecule has 0 aromatic carbocycles. The van der Waals surface area contributed by atoms with Gasteiger partial charge in [0.15, 0.2) is 11.4 Å². The lowest BCUT2D eigenvalue weighted by molar-refractivity contribution is -0.182. The quantitative estimate of drug-likeness (QED) is 0.524. The predicted molar refractivity (Wildman–Crippen MR) is 91.1 cm³/mol.